The highest BCUT2D eigenvalue weighted by atomic mass is 32.1. The van der Waals surface area contributed by atoms with Crippen molar-refractivity contribution in [2.24, 2.45) is 0 Å². The molecule has 0 aromatic carbocycles. The van der Waals surface area contributed by atoms with Crippen LogP contribution < -0.4 is 0 Å². The third kappa shape index (κ3) is 4.61. The first-order valence-corrected chi connectivity index (χ1v) is 7.10. The summed E-state index contributed by atoms with van der Waals surface area (Å²) in [7, 11) is 0. The van der Waals surface area contributed by atoms with Crippen LogP contribution in [0.5, 0.6) is 0 Å². The van der Waals surface area contributed by atoms with Crippen molar-refractivity contribution >= 4 is 17.3 Å². The minimum atomic E-state index is -0.880. The molecule has 0 amide bonds. The van der Waals surface area contributed by atoms with E-state index in [9.17, 15) is 4.79 Å². The molecule has 0 saturated heterocycles. The van der Waals surface area contributed by atoms with E-state index >= 15 is 0 Å². The van der Waals surface area contributed by atoms with Crippen LogP contribution in [0.4, 0.5) is 0 Å². The Balaban J connectivity index is 2.68. The predicted molar refractivity (Wildman–Crippen MR) is 79.0 cm³/mol. The lowest BCUT2D eigenvalue weighted by molar-refractivity contribution is 0.0701. The molecule has 0 radical (unpaired) electrons. The molecule has 0 bridgehead atoms. The molecule has 0 aliphatic carbocycles. The number of carboxylic acid groups (broad SMARTS) is 1. The minimum Gasteiger partial charge on any atom is -0.477 e. The van der Waals surface area contributed by atoms with Gasteiger partial charge in [-0.3, -0.25) is 4.90 Å². The quantitative estimate of drug-likeness (QED) is 0.706. The number of carboxylic acids is 1. The first kappa shape index (κ1) is 15.6. The second-order valence-electron chi connectivity index (χ2n) is 4.13. The number of rotatable bonds is 9. The summed E-state index contributed by atoms with van der Waals surface area (Å²) in [6.07, 6.45) is 5.12. The van der Waals surface area contributed by atoms with E-state index in [0.29, 0.717) is 17.0 Å². The van der Waals surface area contributed by atoms with Gasteiger partial charge < -0.3 is 5.11 Å². The molecule has 1 aromatic heterocycles. The Bertz CT molecular complexity index is 444. The van der Waals surface area contributed by atoms with Crippen LogP contribution in [0.3, 0.4) is 0 Å². The summed E-state index contributed by atoms with van der Waals surface area (Å²) < 4.78 is 0. The third-order valence-corrected chi connectivity index (χ3v) is 3.83. The second-order valence-corrected chi connectivity index (χ2v) is 5.21. The SMILES string of the molecule is C=CCN(CC=C)CCc1nc(CC)c(C(=O)O)s1. The average Bonchev–Trinajstić information content (AvgIpc) is 2.80. The van der Waals surface area contributed by atoms with Gasteiger partial charge in [0.05, 0.1) is 10.7 Å². The number of nitrogens with zero attached hydrogens (tertiary/aromatic N) is 2. The molecule has 1 heterocycles. The lowest BCUT2D eigenvalue weighted by atomic mass is 10.3. The molecule has 1 rings (SSSR count). The van der Waals surface area contributed by atoms with E-state index in [2.05, 4.69) is 23.0 Å². The van der Waals surface area contributed by atoms with Crippen LogP contribution in [-0.4, -0.2) is 40.6 Å². The van der Waals surface area contributed by atoms with Crippen LogP contribution in [0.2, 0.25) is 0 Å². The molecule has 0 aliphatic heterocycles. The van der Waals surface area contributed by atoms with Crippen molar-refractivity contribution in [3.05, 3.63) is 40.9 Å². The van der Waals surface area contributed by atoms with E-state index in [1.54, 1.807) is 0 Å². The van der Waals surface area contributed by atoms with Crippen LogP contribution in [-0.2, 0) is 12.8 Å². The van der Waals surface area contributed by atoms with Crippen molar-refractivity contribution in [3.63, 3.8) is 0 Å². The average molecular weight is 280 g/mol. The maximum atomic E-state index is 11.1. The van der Waals surface area contributed by atoms with Gasteiger partial charge in [-0.2, -0.15) is 0 Å². The van der Waals surface area contributed by atoms with Crippen molar-refractivity contribution in [2.75, 3.05) is 19.6 Å². The van der Waals surface area contributed by atoms with Gasteiger partial charge in [0, 0.05) is 26.1 Å². The maximum absolute atomic E-state index is 11.1. The molecule has 19 heavy (non-hydrogen) atoms. The smallest absolute Gasteiger partial charge is 0.347 e. The Labute approximate surface area is 118 Å². The second kappa shape index (κ2) is 7.86. The first-order chi connectivity index (χ1) is 9.12. The van der Waals surface area contributed by atoms with E-state index in [1.165, 1.54) is 11.3 Å². The summed E-state index contributed by atoms with van der Waals surface area (Å²) >= 11 is 1.28. The van der Waals surface area contributed by atoms with Crippen LogP contribution in [0.1, 0.15) is 27.3 Å². The molecule has 1 N–H and O–H groups in total. The molecular weight excluding hydrogens is 260 g/mol. The van der Waals surface area contributed by atoms with Gasteiger partial charge in [-0.25, -0.2) is 9.78 Å². The van der Waals surface area contributed by atoms with Gasteiger partial charge in [0.2, 0.25) is 0 Å². The largest absolute Gasteiger partial charge is 0.477 e. The molecule has 1 aromatic rings. The maximum Gasteiger partial charge on any atom is 0.347 e. The van der Waals surface area contributed by atoms with Gasteiger partial charge in [0.1, 0.15) is 4.88 Å². The molecule has 0 saturated carbocycles. The predicted octanol–water partition coefficient (Wildman–Crippen LogP) is 2.62. The number of carbonyl (C=O) groups is 1. The van der Waals surface area contributed by atoms with E-state index in [4.69, 9.17) is 5.11 Å². The van der Waals surface area contributed by atoms with Crippen LogP contribution in [0.15, 0.2) is 25.3 Å². The third-order valence-electron chi connectivity index (χ3n) is 2.69. The van der Waals surface area contributed by atoms with Crippen molar-refractivity contribution in [3.8, 4) is 0 Å². The van der Waals surface area contributed by atoms with E-state index in [1.807, 2.05) is 19.1 Å². The molecule has 0 aliphatic rings. The zero-order valence-electron chi connectivity index (χ0n) is 11.3. The van der Waals surface area contributed by atoms with Crippen molar-refractivity contribution in [2.45, 2.75) is 19.8 Å². The van der Waals surface area contributed by atoms with Crippen LogP contribution in [0.25, 0.3) is 0 Å². The number of aromatic carboxylic acids is 1. The van der Waals surface area contributed by atoms with Crippen molar-refractivity contribution in [1.82, 2.24) is 9.88 Å². The Morgan fingerprint density at radius 3 is 2.47 bits per heavy atom. The fraction of sp³-hybridized carbons (Fsp3) is 0.429. The summed E-state index contributed by atoms with van der Waals surface area (Å²) in [5.74, 6) is -0.880. The topological polar surface area (TPSA) is 53.4 Å². The highest BCUT2D eigenvalue weighted by molar-refractivity contribution is 7.13. The number of thiazole rings is 1. The fourth-order valence-corrected chi connectivity index (χ4v) is 2.77. The van der Waals surface area contributed by atoms with Gasteiger partial charge in [-0.15, -0.1) is 24.5 Å². The highest BCUT2D eigenvalue weighted by Crippen LogP contribution is 2.20. The molecule has 0 atom stereocenters. The summed E-state index contributed by atoms with van der Waals surface area (Å²) in [5.41, 5.74) is 0.687. The zero-order chi connectivity index (χ0) is 14.3. The van der Waals surface area contributed by atoms with Crippen LogP contribution in [0, 0.1) is 0 Å². The molecule has 4 nitrogen and oxygen atoms in total. The summed E-state index contributed by atoms with van der Waals surface area (Å²) in [5, 5.41) is 9.97. The molecule has 0 unspecified atom stereocenters. The summed E-state index contributed by atoms with van der Waals surface area (Å²) in [6.45, 7) is 11.8. The number of aromatic nitrogens is 1. The molecule has 5 heteroatoms. The van der Waals surface area contributed by atoms with Crippen molar-refractivity contribution < 1.29 is 9.90 Å². The lowest BCUT2D eigenvalue weighted by Gasteiger charge is -2.17. The molecular formula is C14H20N2O2S. The number of aryl methyl sites for hydroxylation is 1. The monoisotopic (exact) mass is 280 g/mol. The molecule has 104 valence electrons. The van der Waals surface area contributed by atoms with Gasteiger partial charge in [-0.05, 0) is 6.42 Å². The molecule has 0 spiro atoms. The van der Waals surface area contributed by atoms with Gasteiger partial charge in [-0.1, -0.05) is 19.1 Å². The number of hydrogen-bond donors (Lipinski definition) is 1. The molecule has 0 fully saturated rings. The van der Waals surface area contributed by atoms with Crippen LogP contribution >= 0.6 is 11.3 Å². The Morgan fingerprint density at radius 1 is 1.42 bits per heavy atom. The van der Waals surface area contributed by atoms with E-state index in [-0.39, 0.29) is 0 Å². The summed E-state index contributed by atoms with van der Waals surface area (Å²) in [6, 6.07) is 0. The van der Waals surface area contributed by atoms with Gasteiger partial charge >= 0.3 is 5.97 Å². The number of hydrogen-bond acceptors (Lipinski definition) is 4. The lowest BCUT2D eigenvalue weighted by Crippen LogP contribution is -2.26. The summed E-state index contributed by atoms with van der Waals surface area (Å²) in [4.78, 5) is 18.0. The zero-order valence-corrected chi connectivity index (χ0v) is 12.1. The Morgan fingerprint density at radius 2 is 2.05 bits per heavy atom. The normalized spacial score (nSPS) is 10.6. The Kier molecular flexibility index (Phi) is 6.45. The first-order valence-electron chi connectivity index (χ1n) is 6.28. The Hall–Kier alpha value is -1.46. The minimum absolute atomic E-state index is 0.372. The van der Waals surface area contributed by atoms with E-state index < -0.39 is 5.97 Å². The fourth-order valence-electron chi connectivity index (χ4n) is 1.79. The standard InChI is InChI=1S/C14H20N2O2S/c1-4-8-16(9-5-2)10-7-12-15-11(6-3)13(19-12)14(17)18/h4-5H,1-2,6-10H2,3H3,(H,17,18). The van der Waals surface area contributed by atoms with E-state index in [0.717, 1.165) is 31.1 Å². The van der Waals surface area contributed by atoms with Crippen molar-refractivity contribution in [1.29, 1.82) is 0 Å². The highest BCUT2D eigenvalue weighted by Gasteiger charge is 2.16. The van der Waals surface area contributed by atoms with Gasteiger partial charge in [0.25, 0.3) is 0 Å². The van der Waals surface area contributed by atoms with Gasteiger partial charge in [0.15, 0.2) is 0 Å².